The van der Waals surface area contributed by atoms with E-state index in [2.05, 4.69) is 26.6 Å². The molecule has 0 spiro atoms. The van der Waals surface area contributed by atoms with Crippen LogP contribution in [0.3, 0.4) is 0 Å². The minimum atomic E-state index is -0.368. The van der Waals surface area contributed by atoms with Gasteiger partial charge in [0.1, 0.15) is 5.82 Å². The lowest BCUT2D eigenvalue weighted by atomic mass is 9.79. The highest BCUT2D eigenvalue weighted by molar-refractivity contribution is 9.10. The van der Waals surface area contributed by atoms with Crippen LogP contribution in [0.15, 0.2) is 22.7 Å². The summed E-state index contributed by atoms with van der Waals surface area (Å²) in [6, 6.07) is 4.07. The molecule has 0 aliphatic carbocycles. The van der Waals surface area contributed by atoms with Gasteiger partial charge in [0.25, 0.3) is 5.91 Å². The van der Waals surface area contributed by atoms with Crippen LogP contribution < -0.4 is 10.6 Å². The van der Waals surface area contributed by atoms with Crippen LogP contribution in [0.1, 0.15) is 23.2 Å². The third-order valence-electron chi connectivity index (χ3n) is 3.91. The maximum Gasteiger partial charge on any atom is 0.252 e. The fourth-order valence-corrected chi connectivity index (χ4v) is 3.20. The number of hydrogen-bond acceptors (Lipinski definition) is 3. The number of carbonyl (C=O) groups excluding carboxylic acids is 1. The summed E-state index contributed by atoms with van der Waals surface area (Å²) >= 11 is 3.22. The van der Waals surface area contributed by atoms with Gasteiger partial charge in [-0.05, 0) is 60.1 Å². The fourth-order valence-electron chi connectivity index (χ4n) is 2.67. The number of ether oxygens (including phenoxy) is 1. The van der Waals surface area contributed by atoms with Gasteiger partial charge in [-0.2, -0.15) is 0 Å². The van der Waals surface area contributed by atoms with E-state index in [0.29, 0.717) is 23.2 Å². The first kappa shape index (κ1) is 19.4. The Morgan fingerprint density at radius 1 is 1.45 bits per heavy atom. The van der Waals surface area contributed by atoms with E-state index >= 15 is 0 Å². The summed E-state index contributed by atoms with van der Waals surface area (Å²) in [6.07, 6.45) is 1.93. The van der Waals surface area contributed by atoms with Crippen LogP contribution in [0, 0.1) is 11.2 Å². The second kappa shape index (κ2) is 8.82. The number of carbonyl (C=O) groups is 1. The summed E-state index contributed by atoms with van der Waals surface area (Å²) < 4.78 is 18.9. The van der Waals surface area contributed by atoms with Crippen LogP contribution in [0.2, 0.25) is 0 Å². The zero-order chi connectivity index (χ0) is 15.3. The highest BCUT2D eigenvalue weighted by Gasteiger charge is 2.32. The van der Waals surface area contributed by atoms with Gasteiger partial charge in [-0.3, -0.25) is 4.79 Å². The predicted molar refractivity (Wildman–Crippen MR) is 90.1 cm³/mol. The maximum absolute atomic E-state index is 13.1. The van der Waals surface area contributed by atoms with Crippen molar-refractivity contribution in [2.45, 2.75) is 12.8 Å². The van der Waals surface area contributed by atoms with Crippen molar-refractivity contribution >= 4 is 34.2 Å². The van der Waals surface area contributed by atoms with E-state index in [-0.39, 0.29) is 29.5 Å². The largest absolute Gasteiger partial charge is 0.384 e. The average Bonchev–Trinajstić information content (AvgIpc) is 2.46. The molecule has 4 nitrogen and oxygen atoms in total. The molecule has 0 unspecified atom stereocenters. The zero-order valence-electron chi connectivity index (χ0n) is 12.5. The zero-order valence-corrected chi connectivity index (χ0v) is 14.9. The molecule has 0 saturated carbocycles. The van der Waals surface area contributed by atoms with Gasteiger partial charge < -0.3 is 15.4 Å². The molecule has 2 N–H and O–H groups in total. The summed E-state index contributed by atoms with van der Waals surface area (Å²) in [5.41, 5.74) is 0.417. The highest BCUT2D eigenvalue weighted by atomic mass is 79.9. The molecule has 1 fully saturated rings. The van der Waals surface area contributed by atoms with Crippen molar-refractivity contribution in [3.8, 4) is 0 Å². The number of benzene rings is 1. The van der Waals surface area contributed by atoms with Crippen LogP contribution in [0.5, 0.6) is 0 Å². The molecule has 1 aliphatic rings. The van der Waals surface area contributed by atoms with Gasteiger partial charge in [0.2, 0.25) is 0 Å². The molecule has 22 heavy (non-hydrogen) atoms. The summed E-state index contributed by atoms with van der Waals surface area (Å²) in [4.78, 5) is 12.2. The van der Waals surface area contributed by atoms with Gasteiger partial charge in [0.05, 0.1) is 12.2 Å². The number of halogens is 3. The van der Waals surface area contributed by atoms with Crippen molar-refractivity contribution in [1.82, 2.24) is 10.6 Å². The molecule has 1 amide bonds. The van der Waals surface area contributed by atoms with E-state index in [1.165, 1.54) is 18.2 Å². The van der Waals surface area contributed by atoms with E-state index in [0.717, 1.165) is 25.9 Å². The van der Waals surface area contributed by atoms with Crippen molar-refractivity contribution in [3.63, 3.8) is 0 Å². The first-order chi connectivity index (χ1) is 10.1. The van der Waals surface area contributed by atoms with Gasteiger partial charge in [0.15, 0.2) is 0 Å². The van der Waals surface area contributed by atoms with Crippen molar-refractivity contribution < 1.29 is 13.9 Å². The Balaban J connectivity index is 0.00000242. The van der Waals surface area contributed by atoms with E-state index in [1.807, 2.05) is 0 Å². The predicted octanol–water partition coefficient (Wildman–Crippen LogP) is 2.76. The Hall–Kier alpha value is -0.690. The molecule has 0 atom stereocenters. The normalized spacial score (nSPS) is 16.7. The number of rotatable bonds is 5. The maximum atomic E-state index is 13.1. The first-order valence-electron chi connectivity index (χ1n) is 6.99. The minimum absolute atomic E-state index is 0. The van der Waals surface area contributed by atoms with Gasteiger partial charge in [0, 0.05) is 23.5 Å². The number of piperidine rings is 1. The van der Waals surface area contributed by atoms with E-state index in [9.17, 15) is 9.18 Å². The summed E-state index contributed by atoms with van der Waals surface area (Å²) in [6.45, 7) is 3.05. The molecular formula is C15H21BrClFN2O2. The molecule has 0 bridgehead atoms. The summed E-state index contributed by atoms with van der Waals surface area (Å²) in [5.74, 6) is -0.566. The third-order valence-corrected chi connectivity index (χ3v) is 4.57. The first-order valence-corrected chi connectivity index (χ1v) is 7.78. The number of amides is 1. The molecule has 1 aromatic rings. The molecule has 7 heteroatoms. The standard InChI is InChI=1S/C15H20BrFN2O2.ClH/c1-21-10-15(4-6-18-7-5-15)9-19-14(20)12-3-2-11(17)8-13(12)16;/h2-3,8,18H,4-7,9-10H2,1H3,(H,19,20);1H. The van der Waals surface area contributed by atoms with Crippen molar-refractivity contribution in [2.24, 2.45) is 5.41 Å². The van der Waals surface area contributed by atoms with E-state index in [1.54, 1.807) is 7.11 Å². The average molecular weight is 396 g/mol. The van der Waals surface area contributed by atoms with Crippen molar-refractivity contribution in [1.29, 1.82) is 0 Å². The van der Waals surface area contributed by atoms with Crippen LogP contribution in [0.4, 0.5) is 4.39 Å². The lowest BCUT2D eigenvalue weighted by Gasteiger charge is -2.37. The van der Waals surface area contributed by atoms with Crippen LogP contribution in [-0.4, -0.2) is 39.3 Å². The molecule has 124 valence electrons. The molecule has 2 rings (SSSR count). The highest BCUT2D eigenvalue weighted by Crippen LogP contribution is 2.28. The molecule has 0 radical (unpaired) electrons. The Morgan fingerprint density at radius 2 is 2.14 bits per heavy atom. The molecule has 1 saturated heterocycles. The van der Waals surface area contributed by atoms with Crippen LogP contribution in [0.25, 0.3) is 0 Å². The van der Waals surface area contributed by atoms with Gasteiger partial charge >= 0.3 is 0 Å². The lowest BCUT2D eigenvalue weighted by Crippen LogP contribution is -2.47. The smallest absolute Gasteiger partial charge is 0.252 e. The number of hydrogen-bond donors (Lipinski definition) is 2. The number of nitrogens with one attached hydrogen (secondary N) is 2. The second-order valence-corrected chi connectivity index (χ2v) is 6.34. The Morgan fingerprint density at radius 3 is 2.73 bits per heavy atom. The molecular weight excluding hydrogens is 375 g/mol. The van der Waals surface area contributed by atoms with Gasteiger partial charge in [-0.25, -0.2) is 4.39 Å². The second-order valence-electron chi connectivity index (χ2n) is 5.49. The molecule has 1 aliphatic heterocycles. The fraction of sp³-hybridized carbons (Fsp3) is 0.533. The van der Waals surface area contributed by atoms with Crippen molar-refractivity contribution in [2.75, 3.05) is 33.4 Å². The van der Waals surface area contributed by atoms with Crippen LogP contribution in [-0.2, 0) is 4.74 Å². The third kappa shape index (κ3) is 4.91. The number of methoxy groups -OCH3 is 1. The lowest BCUT2D eigenvalue weighted by molar-refractivity contribution is 0.0511. The summed E-state index contributed by atoms with van der Waals surface area (Å²) in [7, 11) is 1.68. The quantitative estimate of drug-likeness (QED) is 0.806. The Kier molecular flexibility index (Phi) is 7.76. The van der Waals surface area contributed by atoms with Crippen LogP contribution >= 0.6 is 28.3 Å². The van der Waals surface area contributed by atoms with E-state index < -0.39 is 0 Å². The Labute approximate surface area is 144 Å². The van der Waals surface area contributed by atoms with Gasteiger partial charge in [-0.15, -0.1) is 12.4 Å². The summed E-state index contributed by atoms with van der Waals surface area (Å²) in [5, 5.41) is 6.27. The minimum Gasteiger partial charge on any atom is -0.384 e. The SMILES string of the molecule is COCC1(CNC(=O)c2ccc(F)cc2Br)CCNCC1.Cl. The van der Waals surface area contributed by atoms with Crippen molar-refractivity contribution in [3.05, 3.63) is 34.1 Å². The van der Waals surface area contributed by atoms with Gasteiger partial charge in [-0.1, -0.05) is 0 Å². The molecule has 1 heterocycles. The van der Waals surface area contributed by atoms with E-state index in [4.69, 9.17) is 4.74 Å². The Bertz CT molecular complexity index is 505. The molecule has 0 aromatic heterocycles. The monoisotopic (exact) mass is 394 g/mol. The molecule has 1 aromatic carbocycles. The topological polar surface area (TPSA) is 50.4 Å².